The summed E-state index contributed by atoms with van der Waals surface area (Å²) >= 11 is 6.03. The summed E-state index contributed by atoms with van der Waals surface area (Å²) in [6.45, 7) is -2.81. The number of carbonyl (C=O) groups excluding carboxylic acids is 1. The number of H-pyrrole nitrogens is 1. The zero-order chi connectivity index (χ0) is 22.7. The van der Waals surface area contributed by atoms with Crippen LogP contribution in [0.15, 0.2) is 60.8 Å². The first-order valence-corrected chi connectivity index (χ1v) is 9.65. The Bertz CT molecular complexity index is 1220. The van der Waals surface area contributed by atoms with Crippen molar-refractivity contribution >= 4 is 23.3 Å². The number of aromatic nitrogens is 4. The van der Waals surface area contributed by atoms with Crippen molar-refractivity contribution in [3.05, 3.63) is 82.9 Å². The van der Waals surface area contributed by atoms with Gasteiger partial charge < -0.3 is 10.1 Å². The van der Waals surface area contributed by atoms with E-state index in [2.05, 4.69) is 25.3 Å². The van der Waals surface area contributed by atoms with Gasteiger partial charge in [0.1, 0.15) is 17.3 Å². The van der Waals surface area contributed by atoms with Crippen molar-refractivity contribution in [1.29, 1.82) is 0 Å². The molecule has 2 N–H and O–H groups in total. The SMILES string of the molecule is O=C(Nc1ccn(Cc2c(F)cccc2Cl)n1)c1cc(-c2ccc(OC(F)F)cc2)n[nH]1. The largest absolute Gasteiger partial charge is 0.435 e. The number of halogens is 4. The number of anilines is 1. The van der Waals surface area contributed by atoms with E-state index in [1.54, 1.807) is 30.5 Å². The number of aromatic amines is 1. The number of amides is 1. The first-order chi connectivity index (χ1) is 15.4. The number of rotatable bonds is 7. The Labute approximate surface area is 184 Å². The summed E-state index contributed by atoms with van der Waals surface area (Å²) in [6, 6.07) is 13.3. The number of hydrogen-bond donors (Lipinski definition) is 2. The van der Waals surface area contributed by atoms with Crippen molar-refractivity contribution < 1.29 is 22.7 Å². The number of alkyl halides is 2. The maximum atomic E-state index is 13.9. The predicted molar refractivity (Wildman–Crippen MR) is 111 cm³/mol. The van der Waals surface area contributed by atoms with Crippen molar-refractivity contribution in [1.82, 2.24) is 20.0 Å². The van der Waals surface area contributed by atoms with Crippen LogP contribution in [0, 0.1) is 5.82 Å². The molecule has 2 aromatic heterocycles. The minimum absolute atomic E-state index is 0.0181. The lowest BCUT2D eigenvalue weighted by atomic mass is 10.1. The molecule has 7 nitrogen and oxygen atoms in total. The van der Waals surface area contributed by atoms with Crippen LogP contribution in [0.5, 0.6) is 5.75 Å². The smallest absolute Gasteiger partial charge is 0.387 e. The highest BCUT2D eigenvalue weighted by molar-refractivity contribution is 6.31. The second kappa shape index (κ2) is 9.15. The maximum absolute atomic E-state index is 13.9. The van der Waals surface area contributed by atoms with E-state index in [1.807, 2.05) is 0 Å². The van der Waals surface area contributed by atoms with Crippen LogP contribution in [0.25, 0.3) is 11.3 Å². The van der Waals surface area contributed by atoms with Crippen LogP contribution in [0.3, 0.4) is 0 Å². The van der Waals surface area contributed by atoms with Crippen LogP contribution in [0.2, 0.25) is 5.02 Å². The molecule has 32 heavy (non-hydrogen) atoms. The Kier molecular flexibility index (Phi) is 6.13. The minimum Gasteiger partial charge on any atom is -0.435 e. The van der Waals surface area contributed by atoms with Gasteiger partial charge >= 0.3 is 6.61 Å². The lowest BCUT2D eigenvalue weighted by Gasteiger charge is -2.06. The minimum atomic E-state index is -2.91. The highest BCUT2D eigenvalue weighted by atomic mass is 35.5. The highest BCUT2D eigenvalue weighted by Crippen LogP contribution is 2.23. The number of ether oxygens (including phenoxy) is 1. The van der Waals surface area contributed by atoms with E-state index in [-0.39, 0.29) is 28.8 Å². The van der Waals surface area contributed by atoms with Gasteiger partial charge in [0.05, 0.1) is 12.2 Å². The third-order valence-electron chi connectivity index (χ3n) is 4.46. The molecule has 0 saturated carbocycles. The average Bonchev–Trinajstić information content (AvgIpc) is 3.41. The summed E-state index contributed by atoms with van der Waals surface area (Å²) in [7, 11) is 0. The van der Waals surface area contributed by atoms with Crippen molar-refractivity contribution in [3.63, 3.8) is 0 Å². The maximum Gasteiger partial charge on any atom is 0.387 e. The molecule has 0 fully saturated rings. The zero-order valence-corrected chi connectivity index (χ0v) is 17.0. The van der Waals surface area contributed by atoms with Crippen molar-refractivity contribution in [2.24, 2.45) is 0 Å². The molecule has 4 aromatic rings. The second-order valence-corrected chi connectivity index (χ2v) is 7.03. The Hall–Kier alpha value is -3.79. The molecule has 0 aliphatic rings. The Balaban J connectivity index is 1.41. The van der Waals surface area contributed by atoms with Gasteiger partial charge in [-0.05, 0) is 42.5 Å². The van der Waals surface area contributed by atoms with Gasteiger partial charge in [-0.25, -0.2) is 4.39 Å². The molecule has 0 saturated heterocycles. The van der Waals surface area contributed by atoms with Crippen LogP contribution >= 0.6 is 11.6 Å². The van der Waals surface area contributed by atoms with E-state index in [9.17, 15) is 18.0 Å². The zero-order valence-electron chi connectivity index (χ0n) is 16.2. The molecule has 4 rings (SSSR count). The summed E-state index contributed by atoms with van der Waals surface area (Å²) in [4.78, 5) is 12.5. The van der Waals surface area contributed by atoms with Gasteiger partial charge in [0.15, 0.2) is 5.82 Å². The Morgan fingerprint density at radius 3 is 2.69 bits per heavy atom. The first-order valence-electron chi connectivity index (χ1n) is 9.27. The Morgan fingerprint density at radius 1 is 1.19 bits per heavy atom. The molecular weight excluding hydrogens is 447 g/mol. The molecule has 11 heteroatoms. The van der Waals surface area contributed by atoms with Gasteiger partial charge in [0.25, 0.3) is 5.91 Å². The molecule has 0 radical (unpaired) electrons. The number of hydrogen-bond acceptors (Lipinski definition) is 4. The summed E-state index contributed by atoms with van der Waals surface area (Å²) in [6.07, 6.45) is 1.58. The summed E-state index contributed by atoms with van der Waals surface area (Å²) in [5.41, 5.74) is 1.50. The first kappa shape index (κ1) is 21.4. The molecule has 0 bridgehead atoms. The number of nitrogens with one attached hydrogen (secondary N) is 2. The molecule has 164 valence electrons. The normalized spacial score (nSPS) is 11.0. The van der Waals surface area contributed by atoms with Crippen LogP contribution in [-0.4, -0.2) is 32.5 Å². The Morgan fingerprint density at radius 2 is 1.97 bits per heavy atom. The monoisotopic (exact) mass is 461 g/mol. The molecule has 0 aliphatic heterocycles. The van der Waals surface area contributed by atoms with E-state index in [1.165, 1.54) is 35.0 Å². The van der Waals surface area contributed by atoms with Crippen LogP contribution < -0.4 is 10.1 Å². The predicted octanol–water partition coefficient (Wildman–Crippen LogP) is 4.97. The molecule has 2 heterocycles. The van der Waals surface area contributed by atoms with Gasteiger partial charge in [-0.15, -0.1) is 0 Å². The van der Waals surface area contributed by atoms with E-state index >= 15 is 0 Å². The summed E-state index contributed by atoms with van der Waals surface area (Å²) < 4.78 is 44.2. The summed E-state index contributed by atoms with van der Waals surface area (Å²) in [5, 5.41) is 13.8. The molecule has 2 aromatic carbocycles. The van der Waals surface area contributed by atoms with Gasteiger partial charge in [0.2, 0.25) is 0 Å². The lowest BCUT2D eigenvalue weighted by Crippen LogP contribution is -2.13. The molecule has 1 amide bonds. The lowest BCUT2D eigenvalue weighted by molar-refractivity contribution is -0.0498. The van der Waals surface area contributed by atoms with Crippen LogP contribution in [-0.2, 0) is 6.54 Å². The second-order valence-electron chi connectivity index (χ2n) is 6.62. The third-order valence-corrected chi connectivity index (χ3v) is 4.82. The number of carbonyl (C=O) groups is 1. The topological polar surface area (TPSA) is 84.8 Å². The van der Waals surface area contributed by atoms with Crippen molar-refractivity contribution in [3.8, 4) is 17.0 Å². The van der Waals surface area contributed by atoms with Gasteiger partial charge in [-0.3, -0.25) is 14.6 Å². The highest BCUT2D eigenvalue weighted by Gasteiger charge is 2.14. The van der Waals surface area contributed by atoms with E-state index < -0.39 is 18.3 Å². The van der Waals surface area contributed by atoms with Gasteiger partial charge in [0, 0.05) is 28.4 Å². The molecule has 0 spiro atoms. The van der Waals surface area contributed by atoms with Crippen LogP contribution in [0.4, 0.5) is 19.0 Å². The van der Waals surface area contributed by atoms with E-state index in [0.717, 1.165) is 0 Å². The van der Waals surface area contributed by atoms with Crippen molar-refractivity contribution in [2.75, 3.05) is 5.32 Å². The van der Waals surface area contributed by atoms with E-state index in [0.29, 0.717) is 16.8 Å². The fraction of sp³-hybridized carbons (Fsp3) is 0.0952. The van der Waals surface area contributed by atoms with Crippen LogP contribution in [0.1, 0.15) is 16.1 Å². The standard InChI is InChI=1S/C21H15ClF3N5O2/c22-15-2-1-3-16(23)14(15)11-30-9-8-19(29-30)26-20(31)18-10-17(27-28-18)12-4-6-13(7-5-12)32-21(24)25/h1-10,21H,11H2,(H,27,28)(H,26,29,31). The molecular formula is C21H15ClF3N5O2. The number of benzene rings is 2. The van der Waals surface area contributed by atoms with Gasteiger partial charge in [-0.1, -0.05) is 17.7 Å². The number of nitrogens with zero attached hydrogens (tertiary/aromatic N) is 3. The summed E-state index contributed by atoms with van der Waals surface area (Å²) in [5.74, 6) is -0.662. The average molecular weight is 462 g/mol. The quantitative estimate of drug-likeness (QED) is 0.407. The molecule has 0 atom stereocenters. The fourth-order valence-electron chi connectivity index (χ4n) is 2.94. The third kappa shape index (κ3) is 4.92. The van der Waals surface area contributed by atoms with E-state index in [4.69, 9.17) is 11.6 Å². The van der Waals surface area contributed by atoms with Crippen molar-refractivity contribution in [2.45, 2.75) is 13.2 Å². The van der Waals surface area contributed by atoms with Gasteiger partial charge in [-0.2, -0.15) is 19.0 Å². The molecule has 0 unspecified atom stereocenters. The molecule has 0 aliphatic carbocycles. The fourth-order valence-corrected chi connectivity index (χ4v) is 3.16.